The molecule has 1 unspecified atom stereocenters. The number of benzene rings is 2. The number of amides is 1. The van der Waals surface area contributed by atoms with E-state index in [9.17, 15) is 10.1 Å². The van der Waals surface area contributed by atoms with Gasteiger partial charge in [0.2, 0.25) is 0 Å². The quantitative estimate of drug-likeness (QED) is 0.601. The van der Waals surface area contributed by atoms with Gasteiger partial charge in [-0.15, -0.1) is 0 Å². The van der Waals surface area contributed by atoms with Crippen molar-refractivity contribution < 1.29 is 4.79 Å². The highest BCUT2D eigenvalue weighted by Crippen LogP contribution is 2.14. The second kappa shape index (κ2) is 9.29. The molecule has 2 aromatic carbocycles. The van der Waals surface area contributed by atoms with Gasteiger partial charge in [-0.1, -0.05) is 61.5 Å². The summed E-state index contributed by atoms with van der Waals surface area (Å²) in [5, 5.41) is 15.1. The summed E-state index contributed by atoms with van der Waals surface area (Å²) in [6.45, 7) is 4.57. The first-order valence-electron chi connectivity index (χ1n) is 8.41. The van der Waals surface area contributed by atoms with E-state index in [2.05, 4.69) is 29.7 Å². The van der Waals surface area contributed by atoms with Gasteiger partial charge in [0.05, 0.1) is 6.04 Å². The molecular formula is C21H23N3O. The largest absolute Gasteiger partial charge is 0.386 e. The molecule has 0 spiro atoms. The summed E-state index contributed by atoms with van der Waals surface area (Å²) in [5.41, 5.74) is 3.42. The molecule has 0 aliphatic rings. The van der Waals surface area contributed by atoms with Gasteiger partial charge < -0.3 is 10.6 Å². The second-order valence-corrected chi connectivity index (χ2v) is 5.83. The van der Waals surface area contributed by atoms with Gasteiger partial charge in [0.15, 0.2) is 0 Å². The Morgan fingerprint density at radius 3 is 2.40 bits per heavy atom. The van der Waals surface area contributed by atoms with Crippen LogP contribution >= 0.6 is 0 Å². The normalized spacial score (nSPS) is 12.1. The van der Waals surface area contributed by atoms with E-state index in [1.165, 1.54) is 11.8 Å². The fourth-order valence-electron chi connectivity index (χ4n) is 2.42. The number of aryl methyl sites for hydroxylation is 1. The van der Waals surface area contributed by atoms with E-state index in [-0.39, 0.29) is 17.5 Å². The van der Waals surface area contributed by atoms with Crippen LogP contribution in [0, 0.1) is 11.3 Å². The summed E-state index contributed by atoms with van der Waals surface area (Å²) in [7, 11) is 0. The van der Waals surface area contributed by atoms with Crippen molar-refractivity contribution >= 4 is 5.91 Å². The second-order valence-electron chi connectivity index (χ2n) is 5.83. The molecule has 0 aromatic heterocycles. The van der Waals surface area contributed by atoms with Crippen LogP contribution in [0.15, 0.2) is 66.4 Å². The monoisotopic (exact) mass is 333 g/mol. The molecule has 0 saturated heterocycles. The number of nitrogens with one attached hydrogen (secondary N) is 2. The van der Waals surface area contributed by atoms with Crippen molar-refractivity contribution in [2.45, 2.75) is 32.9 Å². The minimum atomic E-state index is -0.380. The smallest absolute Gasteiger partial charge is 0.263 e. The van der Waals surface area contributed by atoms with Crippen LogP contribution in [0.5, 0.6) is 0 Å². The summed E-state index contributed by atoms with van der Waals surface area (Å²) >= 11 is 0. The molecule has 25 heavy (non-hydrogen) atoms. The molecule has 0 fully saturated rings. The Morgan fingerprint density at radius 1 is 1.12 bits per heavy atom. The van der Waals surface area contributed by atoms with Gasteiger partial charge in [-0.3, -0.25) is 4.79 Å². The molecule has 2 rings (SSSR count). The van der Waals surface area contributed by atoms with Crippen LogP contribution in [0.25, 0.3) is 0 Å². The van der Waals surface area contributed by atoms with Gasteiger partial charge >= 0.3 is 0 Å². The van der Waals surface area contributed by atoms with Crippen molar-refractivity contribution in [3.8, 4) is 6.07 Å². The Balaban J connectivity index is 1.94. The Hall–Kier alpha value is -3.06. The Kier molecular flexibility index (Phi) is 6.79. The van der Waals surface area contributed by atoms with Crippen molar-refractivity contribution in [2.75, 3.05) is 0 Å². The molecule has 1 amide bonds. The molecule has 4 heteroatoms. The highest BCUT2D eigenvalue weighted by molar-refractivity contribution is 5.97. The third kappa shape index (κ3) is 5.50. The van der Waals surface area contributed by atoms with Crippen LogP contribution in [-0.2, 0) is 17.8 Å². The van der Waals surface area contributed by atoms with Crippen molar-refractivity contribution in [3.05, 3.63) is 83.1 Å². The molecule has 1 atom stereocenters. The number of carbonyl (C=O) groups excluding carboxylic acids is 1. The predicted molar refractivity (Wildman–Crippen MR) is 99.4 cm³/mol. The van der Waals surface area contributed by atoms with E-state index in [1.54, 1.807) is 0 Å². The average molecular weight is 333 g/mol. The van der Waals surface area contributed by atoms with Crippen LogP contribution in [0.3, 0.4) is 0 Å². The lowest BCUT2D eigenvalue weighted by atomic mass is 10.0. The Labute approximate surface area is 149 Å². The van der Waals surface area contributed by atoms with Gasteiger partial charge in [0.1, 0.15) is 11.6 Å². The molecule has 2 aromatic rings. The standard InChI is InChI=1S/C21H23N3O/c1-3-17-9-11-19(12-10-17)16(2)24-21(25)20(13-22)15-23-14-18-7-5-4-6-8-18/h4-12,15-16,23H,3,14H2,1-2H3,(H,24,25)/b20-15-. The van der Waals surface area contributed by atoms with E-state index in [1.807, 2.05) is 55.5 Å². The Bertz CT molecular complexity index is 758. The van der Waals surface area contributed by atoms with E-state index < -0.39 is 0 Å². The first kappa shape index (κ1) is 18.3. The first-order chi connectivity index (χ1) is 12.1. The molecule has 0 heterocycles. The van der Waals surface area contributed by atoms with Crippen LogP contribution < -0.4 is 10.6 Å². The van der Waals surface area contributed by atoms with Crippen molar-refractivity contribution in [1.29, 1.82) is 5.26 Å². The van der Waals surface area contributed by atoms with Gasteiger partial charge in [0.25, 0.3) is 5.91 Å². The van der Waals surface area contributed by atoms with E-state index in [4.69, 9.17) is 0 Å². The number of hydrogen-bond donors (Lipinski definition) is 2. The van der Waals surface area contributed by atoms with Gasteiger partial charge in [-0.2, -0.15) is 5.26 Å². The zero-order valence-electron chi connectivity index (χ0n) is 14.6. The Morgan fingerprint density at radius 2 is 1.80 bits per heavy atom. The number of rotatable bonds is 7. The van der Waals surface area contributed by atoms with E-state index >= 15 is 0 Å². The summed E-state index contributed by atoms with van der Waals surface area (Å²) in [4.78, 5) is 12.3. The minimum absolute atomic E-state index is 0.0629. The third-order valence-corrected chi connectivity index (χ3v) is 4.00. The molecule has 0 radical (unpaired) electrons. The van der Waals surface area contributed by atoms with Crippen molar-refractivity contribution in [3.63, 3.8) is 0 Å². The predicted octanol–water partition coefficient (Wildman–Crippen LogP) is 3.62. The molecule has 4 nitrogen and oxygen atoms in total. The number of nitrogens with zero attached hydrogens (tertiary/aromatic N) is 1. The third-order valence-electron chi connectivity index (χ3n) is 4.00. The minimum Gasteiger partial charge on any atom is -0.386 e. The van der Waals surface area contributed by atoms with Gasteiger partial charge in [-0.25, -0.2) is 0 Å². The van der Waals surface area contributed by atoms with Crippen LogP contribution in [-0.4, -0.2) is 5.91 Å². The maximum absolute atomic E-state index is 12.3. The van der Waals surface area contributed by atoms with Gasteiger partial charge in [0, 0.05) is 12.7 Å². The fourth-order valence-corrected chi connectivity index (χ4v) is 2.42. The highest BCUT2D eigenvalue weighted by atomic mass is 16.1. The van der Waals surface area contributed by atoms with E-state index in [0.717, 1.165) is 17.5 Å². The van der Waals surface area contributed by atoms with Crippen molar-refractivity contribution in [1.82, 2.24) is 10.6 Å². The summed E-state index contributed by atoms with van der Waals surface area (Å²) < 4.78 is 0. The molecule has 0 aliphatic carbocycles. The maximum Gasteiger partial charge on any atom is 0.263 e. The fraction of sp³-hybridized carbons (Fsp3) is 0.238. The topological polar surface area (TPSA) is 64.9 Å². The number of carbonyl (C=O) groups is 1. The molecule has 0 saturated carbocycles. The van der Waals surface area contributed by atoms with Crippen molar-refractivity contribution in [2.24, 2.45) is 0 Å². The highest BCUT2D eigenvalue weighted by Gasteiger charge is 2.13. The lowest BCUT2D eigenvalue weighted by molar-refractivity contribution is -0.117. The zero-order chi connectivity index (χ0) is 18.1. The lowest BCUT2D eigenvalue weighted by Crippen LogP contribution is -2.28. The zero-order valence-corrected chi connectivity index (χ0v) is 14.6. The first-order valence-corrected chi connectivity index (χ1v) is 8.41. The molecule has 128 valence electrons. The molecule has 0 aliphatic heterocycles. The summed E-state index contributed by atoms with van der Waals surface area (Å²) in [5.74, 6) is -0.380. The number of hydrogen-bond acceptors (Lipinski definition) is 3. The maximum atomic E-state index is 12.3. The number of nitriles is 1. The molecule has 2 N–H and O–H groups in total. The molecule has 0 bridgehead atoms. The summed E-state index contributed by atoms with van der Waals surface area (Å²) in [6.07, 6.45) is 2.45. The SMILES string of the molecule is CCc1ccc(C(C)NC(=O)/C(C#N)=C\NCc2ccccc2)cc1. The van der Waals surface area contributed by atoms with Crippen LogP contribution in [0.1, 0.15) is 36.6 Å². The van der Waals surface area contributed by atoms with Crippen LogP contribution in [0.4, 0.5) is 0 Å². The summed E-state index contributed by atoms with van der Waals surface area (Å²) in [6, 6.07) is 19.7. The van der Waals surface area contributed by atoms with Gasteiger partial charge in [-0.05, 0) is 30.0 Å². The average Bonchev–Trinajstić information content (AvgIpc) is 2.66. The van der Waals surface area contributed by atoms with Crippen LogP contribution in [0.2, 0.25) is 0 Å². The molecular weight excluding hydrogens is 310 g/mol. The lowest BCUT2D eigenvalue weighted by Gasteiger charge is -2.14. The van der Waals surface area contributed by atoms with E-state index in [0.29, 0.717) is 6.54 Å².